The second-order valence-electron chi connectivity index (χ2n) is 7.59. The first-order valence-corrected chi connectivity index (χ1v) is 10.4. The number of nitrogens with zero attached hydrogens (tertiary/aromatic N) is 1. The Labute approximate surface area is 162 Å². The van der Waals surface area contributed by atoms with Crippen LogP contribution >= 0.6 is 0 Å². The zero-order valence-corrected chi connectivity index (χ0v) is 16.5. The van der Waals surface area contributed by atoms with Gasteiger partial charge in [-0.15, -0.1) is 0 Å². The number of benzene rings is 1. The van der Waals surface area contributed by atoms with Gasteiger partial charge in [0.25, 0.3) is 0 Å². The molecule has 8 nitrogen and oxygen atoms in total. The van der Waals surface area contributed by atoms with Crippen molar-refractivity contribution in [1.82, 2.24) is 15.5 Å². The molecule has 1 aromatic rings. The van der Waals surface area contributed by atoms with Crippen LogP contribution in [0.2, 0.25) is 0 Å². The maximum Gasteiger partial charge on any atom is 0.245 e. The topological polar surface area (TPSA) is 113 Å². The molecule has 1 aromatic carbocycles. The van der Waals surface area contributed by atoms with Crippen molar-refractivity contribution in [3.05, 3.63) is 35.6 Å². The summed E-state index contributed by atoms with van der Waals surface area (Å²) in [5.74, 6) is -1.95. The SMILES string of the molecule is CC(NC(=O)C1N2C(=O)CC2S(=O)(=O)C1(C)C)C(=O)NCc1ccc(F)cc1. The molecule has 3 rings (SSSR count). The highest BCUT2D eigenvalue weighted by molar-refractivity contribution is 7.93. The highest BCUT2D eigenvalue weighted by atomic mass is 32.2. The number of hydrogen-bond donors (Lipinski definition) is 2. The maximum absolute atomic E-state index is 12.9. The van der Waals surface area contributed by atoms with Crippen molar-refractivity contribution in [3.8, 4) is 0 Å². The number of rotatable bonds is 5. The molecule has 0 saturated carbocycles. The first-order valence-electron chi connectivity index (χ1n) is 8.84. The van der Waals surface area contributed by atoms with E-state index in [-0.39, 0.29) is 18.8 Å². The molecule has 2 fully saturated rings. The molecule has 28 heavy (non-hydrogen) atoms. The van der Waals surface area contributed by atoms with Crippen molar-refractivity contribution in [2.45, 2.75) is 55.9 Å². The summed E-state index contributed by atoms with van der Waals surface area (Å²) in [4.78, 5) is 37.9. The van der Waals surface area contributed by atoms with Crippen LogP contribution in [0.15, 0.2) is 24.3 Å². The fourth-order valence-electron chi connectivity index (χ4n) is 3.56. The molecule has 2 aliphatic rings. The van der Waals surface area contributed by atoms with E-state index in [0.717, 1.165) is 4.90 Å². The molecule has 3 unspecified atom stereocenters. The van der Waals surface area contributed by atoms with Crippen LogP contribution in [0.1, 0.15) is 32.8 Å². The summed E-state index contributed by atoms with van der Waals surface area (Å²) >= 11 is 0. The average Bonchev–Trinajstić information content (AvgIpc) is 2.74. The third-order valence-corrected chi connectivity index (χ3v) is 8.16. The van der Waals surface area contributed by atoms with E-state index in [9.17, 15) is 27.2 Å². The van der Waals surface area contributed by atoms with Crippen molar-refractivity contribution in [2.24, 2.45) is 0 Å². The summed E-state index contributed by atoms with van der Waals surface area (Å²) in [6, 6.07) is 3.48. The minimum absolute atomic E-state index is 0.122. The zero-order chi connectivity index (χ0) is 20.9. The number of carbonyl (C=O) groups excluding carboxylic acids is 3. The number of β-lactam (4-membered cyclic amide) rings is 1. The van der Waals surface area contributed by atoms with Gasteiger partial charge in [0, 0.05) is 6.54 Å². The highest BCUT2D eigenvalue weighted by Crippen LogP contribution is 2.45. The number of halogens is 1. The summed E-state index contributed by atoms with van der Waals surface area (Å²) in [7, 11) is -3.69. The van der Waals surface area contributed by atoms with E-state index in [2.05, 4.69) is 10.6 Å². The lowest BCUT2D eigenvalue weighted by atomic mass is 9.97. The van der Waals surface area contributed by atoms with E-state index in [0.29, 0.717) is 5.56 Å². The van der Waals surface area contributed by atoms with E-state index >= 15 is 0 Å². The Kier molecular flexibility index (Phi) is 4.95. The quantitative estimate of drug-likeness (QED) is 0.667. The van der Waals surface area contributed by atoms with Gasteiger partial charge in [0.2, 0.25) is 17.7 Å². The van der Waals surface area contributed by atoms with Gasteiger partial charge in [-0.05, 0) is 38.5 Å². The van der Waals surface area contributed by atoms with Crippen molar-refractivity contribution >= 4 is 27.6 Å². The van der Waals surface area contributed by atoms with Gasteiger partial charge in [-0.25, -0.2) is 12.8 Å². The van der Waals surface area contributed by atoms with Gasteiger partial charge in [-0.3, -0.25) is 14.4 Å². The van der Waals surface area contributed by atoms with Gasteiger partial charge in [-0.1, -0.05) is 12.1 Å². The lowest BCUT2D eigenvalue weighted by Gasteiger charge is -2.37. The average molecular weight is 411 g/mol. The fourth-order valence-corrected chi connectivity index (χ4v) is 5.69. The number of amides is 3. The Morgan fingerprint density at radius 3 is 2.46 bits per heavy atom. The minimum atomic E-state index is -3.69. The van der Waals surface area contributed by atoms with Crippen LogP contribution in [0.5, 0.6) is 0 Å². The third-order valence-electron chi connectivity index (χ3n) is 5.36. The largest absolute Gasteiger partial charge is 0.350 e. The van der Waals surface area contributed by atoms with E-state index in [4.69, 9.17) is 0 Å². The molecule has 0 aromatic heterocycles. The van der Waals surface area contributed by atoms with E-state index in [1.807, 2.05) is 0 Å². The van der Waals surface area contributed by atoms with Crippen molar-refractivity contribution in [3.63, 3.8) is 0 Å². The number of nitrogens with one attached hydrogen (secondary N) is 2. The zero-order valence-electron chi connectivity index (χ0n) is 15.7. The summed E-state index contributed by atoms with van der Waals surface area (Å²) in [6.07, 6.45) is -0.122. The molecule has 0 spiro atoms. The van der Waals surface area contributed by atoms with Crippen LogP contribution in [0.25, 0.3) is 0 Å². The number of fused-ring (bicyclic) bond motifs is 1. The smallest absolute Gasteiger partial charge is 0.245 e. The second-order valence-corrected chi connectivity index (χ2v) is 10.3. The summed E-state index contributed by atoms with van der Waals surface area (Å²) in [6.45, 7) is 4.44. The van der Waals surface area contributed by atoms with Crippen LogP contribution in [0.3, 0.4) is 0 Å². The van der Waals surface area contributed by atoms with Gasteiger partial charge in [-0.2, -0.15) is 0 Å². The Balaban J connectivity index is 1.64. The lowest BCUT2D eigenvalue weighted by Crippen LogP contribution is -2.61. The summed E-state index contributed by atoms with van der Waals surface area (Å²) < 4.78 is 36.6. The Morgan fingerprint density at radius 2 is 1.89 bits per heavy atom. The van der Waals surface area contributed by atoms with Crippen LogP contribution in [0, 0.1) is 5.82 Å². The summed E-state index contributed by atoms with van der Waals surface area (Å²) in [5, 5.41) is 4.14. The molecule has 3 atom stereocenters. The van der Waals surface area contributed by atoms with Gasteiger partial charge in [0.05, 0.1) is 11.2 Å². The van der Waals surface area contributed by atoms with Crippen molar-refractivity contribution in [2.75, 3.05) is 0 Å². The maximum atomic E-state index is 12.9. The van der Waals surface area contributed by atoms with Gasteiger partial charge >= 0.3 is 0 Å². The Hall–Kier alpha value is -2.49. The number of carbonyl (C=O) groups is 3. The molecule has 10 heteroatoms. The molecule has 2 N–H and O–H groups in total. The van der Waals surface area contributed by atoms with Gasteiger partial charge in [0.1, 0.15) is 23.3 Å². The van der Waals surface area contributed by atoms with Crippen LogP contribution in [-0.2, 0) is 30.8 Å². The Morgan fingerprint density at radius 1 is 1.29 bits per heavy atom. The van der Waals surface area contributed by atoms with Crippen LogP contribution < -0.4 is 10.6 Å². The molecule has 152 valence electrons. The normalized spacial score (nSPS) is 25.4. The molecule has 2 aliphatic heterocycles. The predicted molar refractivity (Wildman–Crippen MR) is 97.9 cm³/mol. The summed E-state index contributed by atoms with van der Waals surface area (Å²) in [5.41, 5.74) is 0.685. The van der Waals surface area contributed by atoms with Crippen molar-refractivity contribution < 1.29 is 27.2 Å². The van der Waals surface area contributed by atoms with Crippen LogP contribution in [-0.4, -0.2) is 53.2 Å². The molecule has 2 saturated heterocycles. The first kappa shape index (κ1) is 20.2. The fraction of sp³-hybridized carbons (Fsp3) is 0.500. The molecular weight excluding hydrogens is 389 g/mol. The number of sulfone groups is 1. The van der Waals surface area contributed by atoms with Gasteiger partial charge in [0.15, 0.2) is 9.84 Å². The monoisotopic (exact) mass is 411 g/mol. The molecule has 2 heterocycles. The highest BCUT2D eigenvalue weighted by Gasteiger charge is 2.67. The molecule has 3 amide bonds. The molecule has 0 radical (unpaired) electrons. The predicted octanol–water partition coefficient (Wildman–Crippen LogP) is 0.0806. The standard InChI is InChI=1S/C18H22FN3O5S/c1-10(16(24)20-9-11-4-6-12(19)7-5-11)21-17(25)15-18(2,3)28(26,27)14-8-13(23)22(14)15/h4-7,10,14-15H,8-9H2,1-3H3,(H,20,24)(H,21,25). The number of hydrogen-bond acceptors (Lipinski definition) is 5. The van der Waals surface area contributed by atoms with E-state index in [1.165, 1.54) is 45.0 Å². The van der Waals surface area contributed by atoms with Crippen molar-refractivity contribution in [1.29, 1.82) is 0 Å². The lowest BCUT2D eigenvalue weighted by molar-refractivity contribution is -0.150. The van der Waals surface area contributed by atoms with Gasteiger partial charge < -0.3 is 15.5 Å². The molecular formula is C18H22FN3O5S. The molecule has 0 aliphatic carbocycles. The molecule has 0 bridgehead atoms. The Bertz CT molecular complexity index is 929. The second kappa shape index (κ2) is 6.84. The first-order chi connectivity index (χ1) is 13.0. The van der Waals surface area contributed by atoms with E-state index < -0.39 is 49.8 Å². The van der Waals surface area contributed by atoms with E-state index in [1.54, 1.807) is 0 Å². The van der Waals surface area contributed by atoms with Crippen LogP contribution in [0.4, 0.5) is 4.39 Å². The third kappa shape index (κ3) is 3.15. The minimum Gasteiger partial charge on any atom is -0.350 e.